The molecule has 440 valence electrons. The Balaban J connectivity index is 0.655. The number of fused-ring (bicyclic) bond motifs is 10. The summed E-state index contributed by atoms with van der Waals surface area (Å²) in [6.45, 7) is 17.4. The summed E-state index contributed by atoms with van der Waals surface area (Å²) in [6.07, 6.45) is 2.17. The van der Waals surface area contributed by atoms with Gasteiger partial charge in [-0.25, -0.2) is 0 Å². The predicted molar refractivity (Wildman–Crippen MR) is 274 cm³/mol. The maximum atomic E-state index is 14.6. The summed E-state index contributed by atoms with van der Waals surface area (Å²) in [4.78, 5) is 14.6. The second kappa shape index (κ2) is 20.2. The van der Waals surface area contributed by atoms with Gasteiger partial charge in [-0.1, -0.05) is 40.9 Å². The van der Waals surface area contributed by atoms with E-state index in [0.29, 0.717) is 64.2 Å². The van der Waals surface area contributed by atoms with Crippen LogP contribution in [0.2, 0.25) is 0 Å². The van der Waals surface area contributed by atoms with Crippen LogP contribution >= 0.6 is 0 Å². The van der Waals surface area contributed by atoms with Crippen LogP contribution in [0.4, 0.5) is 0 Å². The summed E-state index contributed by atoms with van der Waals surface area (Å²) in [6, 6.07) is 0. The zero-order valence-corrected chi connectivity index (χ0v) is 46.5. The second-order valence-electron chi connectivity index (χ2n) is 27.5. The highest BCUT2D eigenvalue weighted by Crippen LogP contribution is 2.58. The third-order valence-electron chi connectivity index (χ3n) is 21.9. The van der Waals surface area contributed by atoms with Gasteiger partial charge < -0.3 is 86.4 Å². The van der Waals surface area contributed by atoms with Gasteiger partial charge in [0.25, 0.3) is 0 Å². The quantitative estimate of drug-likeness (QED) is 0.251. The Labute approximate surface area is 463 Å². The molecule has 32 atom stereocenters. The summed E-state index contributed by atoms with van der Waals surface area (Å²) in [7, 11) is 0. The third kappa shape index (κ3) is 9.43. The number of rotatable bonds is 4. The minimum absolute atomic E-state index is 0.0143. The molecule has 0 radical (unpaired) electrons. The van der Waals surface area contributed by atoms with Gasteiger partial charge >= 0.3 is 5.97 Å². The van der Waals surface area contributed by atoms with E-state index in [9.17, 15) is 20.1 Å². The molecule has 0 aromatic heterocycles. The van der Waals surface area contributed by atoms with E-state index in [1.807, 2.05) is 0 Å². The summed E-state index contributed by atoms with van der Waals surface area (Å²) in [5, 5.41) is 30.3. The molecule has 79 heavy (non-hydrogen) atoms. The van der Waals surface area contributed by atoms with Crippen LogP contribution in [0, 0.1) is 23.7 Å². The molecule has 16 fully saturated rings. The maximum Gasteiger partial charge on any atom is 0.308 e. The van der Waals surface area contributed by atoms with Gasteiger partial charge in [-0.15, -0.1) is 0 Å². The van der Waals surface area contributed by atoms with Crippen LogP contribution in [0.15, 0.2) is 24.3 Å². The van der Waals surface area contributed by atoms with E-state index in [1.54, 1.807) is 0 Å². The molecule has 16 rings (SSSR count). The van der Waals surface area contributed by atoms with E-state index in [1.165, 1.54) is 0 Å². The molecule has 2 unspecified atom stereocenters. The van der Waals surface area contributed by atoms with Gasteiger partial charge in [0.05, 0.1) is 129 Å². The van der Waals surface area contributed by atoms with Gasteiger partial charge in [0.15, 0.2) is 17.4 Å². The van der Waals surface area contributed by atoms with Crippen molar-refractivity contribution in [3.05, 3.63) is 24.3 Å². The molecular formula is C60H86O19. The van der Waals surface area contributed by atoms with Gasteiger partial charge in [-0.05, 0) is 73.8 Å². The zero-order valence-electron chi connectivity index (χ0n) is 46.5. The van der Waals surface area contributed by atoms with E-state index in [0.717, 1.165) is 49.7 Å². The molecular weight excluding hydrogens is 1020 g/mol. The SMILES string of the molecule is C=C1C[C@H]2CCC34C[C@H]5O[C@@H]6[C@@H](O[C@@H]7CC[C@H](CC(=O)O[C@@H]8[C@H](C)[C@@H]9O[C@@H]%10CC%11(C[C@H]%12O[C@]%13(C[C@H](C)[C@@H]%14O[C@H]([C@@H](O)C[C@@H](O)CO)C[C@@H]%14O%13)C[C@H](C)[C@@H]%12O%11)O[C@@H]%10C[C@@H]9O[C@H]8C[C@H]8O[C@H](CC[C@H]1O2)C[C@@H](C)C8=C)O[C@@H]7[C@@H]6O3)[C@H]5O4. The van der Waals surface area contributed by atoms with Crippen molar-refractivity contribution in [1.29, 1.82) is 0 Å². The van der Waals surface area contributed by atoms with Gasteiger partial charge in [0.1, 0.15) is 36.6 Å². The Kier molecular flexibility index (Phi) is 13.8. The minimum atomic E-state index is -1.02. The Morgan fingerprint density at radius 3 is 2.03 bits per heavy atom. The molecule has 0 aromatic carbocycles. The molecule has 3 spiro atoms. The molecule has 0 amide bonds. The molecule has 0 aliphatic carbocycles. The van der Waals surface area contributed by atoms with Crippen molar-refractivity contribution in [2.24, 2.45) is 23.7 Å². The highest BCUT2D eigenvalue weighted by molar-refractivity contribution is 5.70. The van der Waals surface area contributed by atoms with Crippen LogP contribution < -0.4 is 0 Å². The molecule has 16 saturated heterocycles. The average Bonchev–Trinajstić information content (AvgIpc) is 4.46. The monoisotopic (exact) mass is 1110 g/mol. The topological polar surface area (TPSA) is 216 Å². The number of carbonyl (C=O) groups is 1. The van der Waals surface area contributed by atoms with Crippen molar-refractivity contribution in [3.63, 3.8) is 0 Å². The van der Waals surface area contributed by atoms with E-state index in [2.05, 4.69) is 40.9 Å². The van der Waals surface area contributed by atoms with E-state index in [4.69, 9.17) is 71.1 Å². The Bertz CT molecular complexity index is 2340. The standard InChI is InChI=1S/C60H86O19/c1-26-13-33-7-9-37-27(2)14-35(65-37)11-12-58-23-46-54(78-58)55-56(72-46)57(79-58)53-38(69-55)10-8-34(67-53)16-48(64)73-52-31(6)51-43(68-42(52)17-39(66-33)30(26)5)19-41-45(71-51)22-60(74-41)24-47-50(77-60)29(4)21-59(76-47)20-28(3)49-44(75-59)18-40(70-49)36(63)15-32(62)25-61/h26,28-29,31-47,49-57,61-63H,2,5,7-25H2,1,3-4,6H3/t26-,28+,29+,31-,32-,33-,34-,35-,36+,37-,38-,39-,40+,41-,42+,43+,44+,45-,46-,47-,49+,50+,51+,52-,53+,54+,55+,56-,57+,58?,59-,60?/m1/s1. The summed E-state index contributed by atoms with van der Waals surface area (Å²) in [5.74, 6) is -2.77. The first-order chi connectivity index (χ1) is 38.0. The molecule has 16 aliphatic rings. The van der Waals surface area contributed by atoms with Crippen LogP contribution in [0.25, 0.3) is 0 Å². The molecule has 12 bridgehead atoms. The van der Waals surface area contributed by atoms with Crippen molar-refractivity contribution in [2.45, 2.75) is 313 Å². The summed E-state index contributed by atoms with van der Waals surface area (Å²) < 4.78 is 104. The Morgan fingerprint density at radius 1 is 0.506 bits per heavy atom. The minimum Gasteiger partial charge on any atom is -0.459 e. The lowest BCUT2D eigenvalue weighted by Gasteiger charge is -2.50. The van der Waals surface area contributed by atoms with Crippen LogP contribution in [0.5, 0.6) is 0 Å². The van der Waals surface area contributed by atoms with E-state index >= 15 is 0 Å². The van der Waals surface area contributed by atoms with E-state index < -0.39 is 72.8 Å². The highest BCUT2D eigenvalue weighted by Gasteiger charge is 2.70. The van der Waals surface area contributed by atoms with Gasteiger partial charge in [0.2, 0.25) is 0 Å². The Morgan fingerprint density at radius 2 is 1.18 bits per heavy atom. The lowest BCUT2D eigenvalue weighted by molar-refractivity contribution is -0.347. The van der Waals surface area contributed by atoms with Gasteiger partial charge in [-0.3, -0.25) is 4.79 Å². The van der Waals surface area contributed by atoms with Crippen LogP contribution in [-0.2, 0) is 75.8 Å². The molecule has 16 aliphatic heterocycles. The molecule has 19 nitrogen and oxygen atoms in total. The summed E-state index contributed by atoms with van der Waals surface area (Å²) in [5.41, 5.74) is 2.15. The number of ether oxygens (including phenoxy) is 15. The first-order valence-electron chi connectivity index (χ1n) is 30.8. The molecule has 0 aromatic rings. The molecule has 3 N–H and O–H groups in total. The number of carbonyl (C=O) groups excluding carboxylic acids is 1. The second-order valence-corrected chi connectivity index (χ2v) is 27.5. The van der Waals surface area contributed by atoms with Crippen molar-refractivity contribution in [1.82, 2.24) is 0 Å². The van der Waals surface area contributed by atoms with E-state index in [-0.39, 0.29) is 146 Å². The normalized spacial score (nSPS) is 57.2. The van der Waals surface area contributed by atoms with Crippen molar-refractivity contribution in [2.75, 3.05) is 6.61 Å². The first kappa shape index (κ1) is 54.0. The maximum absolute atomic E-state index is 14.6. The predicted octanol–water partition coefficient (Wildman–Crippen LogP) is 4.93. The molecule has 0 saturated carbocycles. The fraction of sp³-hybridized carbons (Fsp3) is 0.917. The highest BCUT2D eigenvalue weighted by atomic mass is 16.8. The average molecular weight is 1110 g/mol. The lowest BCUT2D eigenvalue weighted by atomic mass is 9.79. The number of hydrogen-bond donors (Lipinski definition) is 3. The number of esters is 1. The lowest BCUT2D eigenvalue weighted by Crippen LogP contribution is -2.62. The molecule has 19 heteroatoms. The van der Waals surface area contributed by atoms with Gasteiger partial charge in [-0.2, -0.15) is 0 Å². The molecule has 16 heterocycles. The van der Waals surface area contributed by atoms with Crippen molar-refractivity contribution < 1.29 is 91.2 Å². The first-order valence-corrected chi connectivity index (χ1v) is 30.8. The van der Waals surface area contributed by atoms with Gasteiger partial charge in [0, 0.05) is 70.1 Å². The smallest absolute Gasteiger partial charge is 0.308 e. The third-order valence-corrected chi connectivity index (χ3v) is 21.9. The van der Waals surface area contributed by atoms with Crippen molar-refractivity contribution in [3.8, 4) is 0 Å². The van der Waals surface area contributed by atoms with Crippen LogP contribution in [0.1, 0.15) is 143 Å². The Hall–Kier alpha value is -1.73. The van der Waals surface area contributed by atoms with Crippen molar-refractivity contribution >= 4 is 5.97 Å². The fourth-order valence-electron chi connectivity index (χ4n) is 18.2. The van der Waals surface area contributed by atoms with Crippen LogP contribution in [0.3, 0.4) is 0 Å². The van der Waals surface area contributed by atoms with Crippen LogP contribution in [-0.4, -0.2) is 198 Å². The number of aliphatic hydroxyl groups is 3. The zero-order chi connectivity index (χ0) is 54.0. The largest absolute Gasteiger partial charge is 0.459 e. The fourth-order valence-corrected chi connectivity index (χ4v) is 18.2. The summed E-state index contributed by atoms with van der Waals surface area (Å²) >= 11 is 0. The number of aliphatic hydroxyl groups excluding tert-OH is 3. The number of hydrogen-bond acceptors (Lipinski definition) is 19.